The zero-order chi connectivity index (χ0) is 13.2. The first-order valence-corrected chi connectivity index (χ1v) is 6.69. The minimum atomic E-state index is -0.138. The number of carbonyl (C=O) groups excluding carboxylic acids is 1. The summed E-state index contributed by atoms with van der Waals surface area (Å²) in [4.78, 5) is 12.1. The molecule has 1 fully saturated rings. The summed E-state index contributed by atoms with van der Waals surface area (Å²) >= 11 is 0. The summed E-state index contributed by atoms with van der Waals surface area (Å²) in [7, 11) is 0. The Morgan fingerprint density at radius 2 is 2.22 bits per heavy atom. The predicted molar refractivity (Wildman–Crippen MR) is 74.2 cm³/mol. The van der Waals surface area contributed by atoms with E-state index >= 15 is 0 Å². The summed E-state index contributed by atoms with van der Waals surface area (Å²) in [6.45, 7) is 4.94. The van der Waals surface area contributed by atoms with Gasteiger partial charge in [-0.3, -0.25) is 4.79 Å². The highest BCUT2D eigenvalue weighted by atomic mass is 16.1. The topological polar surface area (TPSA) is 55.1 Å². The Kier molecular flexibility index (Phi) is 3.60. The van der Waals surface area contributed by atoms with Crippen LogP contribution in [0.1, 0.15) is 44.6 Å². The van der Waals surface area contributed by atoms with E-state index in [1.165, 1.54) is 12.8 Å². The van der Waals surface area contributed by atoms with Gasteiger partial charge in [-0.15, -0.1) is 0 Å². The van der Waals surface area contributed by atoms with Gasteiger partial charge in [0.15, 0.2) is 0 Å². The van der Waals surface area contributed by atoms with Crippen LogP contribution in [0.3, 0.4) is 0 Å². The number of amides is 1. The Bertz CT molecular complexity index is 438. The third kappa shape index (κ3) is 2.84. The minimum absolute atomic E-state index is 0.0975. The van der Waals surface area contributed by atoms with Crippen LogP contribution in [-0.4, -0.2) is 12.5 Å². The minimum Gasteiger partial charge on any atom is -0.399 e. The van der Waals surface area contributed by atoms with E-state index in [0.717, 1.165) is 18.5 Å². The molecule has 0 aromatic heterocycles. The molecule has 1 aromatic rings. The molecule has 0 aliphatic heterocycles. The molecule has 18 heavy (non-hydrogen) atoms. The van der Waals surface area contributed by atoms with Gasteiger partial charge in [0.2, 0.25) is 5.91 Å². The third-order valence-electron chi connectivity index (χ3n) is 4.15. The van der Waals surface area contributed by atoms with Gasteiger partial charge in [0.25, 0.3) is 0 Å². The first-order chi connectivity index (χ1) is 8.56. The van der Waals surface area contributed by atoms with Gasteiger partial charge in [-0.1, -0.05) is 19.1 Å². The number of rotatable bonds is 5. The van der Waals surface area contributed by atoms with E-state index in [0.29, 0.717) is 11.1 Å². The summed E-state index contributed by atoms with van der Waals surface area (Å²) in [5, 5.41) is 3.07. The molecule has 98 valence electrons. The van der Waals surface area contributed by atoms with Gasteiger partial charge in [0.1, 0.15) is 0 Å². The summed E-state index contributed by atoms with van der Waals surface area (Å²) < 4.78 is 0. The molecule has 3 nitrogen and oxygen atoms in total. The first kappa shape index (κ1) is 12.9. The third-order valence-corrected chi connectivity index (χ3v) is 4.15. The van der Waals surface area contributed by atoms with Crippen LogP contribution in [0.4, 0.5) is 5.69 Å². The Hall–Kier alpha value is -1.51. The van der Waals surface area contributed by atoms with Crippen LogP contribution in [0.2, 0.25) is 0 Å². The molecule has 0 heterocycles. The molecule has 3 heteroatoms. The Balaban J connectivity index is 1.92. The lowest BCUT2D eigenvalue weighted by atomic mass is 9.98. The summed E-state index contributed by atoms with van der Waals surface area (Å²) in [5.41, 5.74) is 7.82. The van der Waals surface area contributed by atoms with Crippen molar-refractivity contribution in [2.24, 2.45) is 5.41 Å². The molecular formula is C15H22N2O. The molecule has 1 aromatic carbocycles. The maximum atomic E-state index is 12.1. The normalized spacial score (nSPS) is 18.1. The number of hydrogen-bond donors (Lipinski definition) is 2. The fraction of sp³-hybridized carbons (Fsp3) is 0.533. The van der Waals surface area contributed by atoms with E-state index in [9.17, 15) is 4.79 Å². The van der Waals surface area contributed by atoms with Crippen LogP contribution >= 0.6 is 0 Å². The number of nitrogen functional groups attached to an aromatic ring is 1. The van der Waals surface area contributed by atoms with E-state index < -0.39 is 0 Å². The molecule has 1 aliphatic rings. The average molecular weight is 246 g/mol. The maximum Gasteiger partial charge on any atom is 0.227 e. The van der Waals surface area contributed by atoms with E-state index in [2.05, 4.69) is 12.2 Å². The fourth-order valence-corrected chi connectivity index (χ4v) is 2.24. The molecule has 3 N–H and O–H groups in total. The van der Waals surface area contributed by atoms with Crippen molar-refractivity contribution in [2.45, 2.75) is 39.0 Å². The first-order valence-electron chi connectivity index (χ1n) is 6.69. The lowest BCUT2D eigenvalue weighted by molar-refractivity contribution is -0.122. The number of nitrogens with one attached hydrogen (secondary N) is 1. The molecule has 0 radical (unpaired) electrons. The lowest BCUT2D eigenvalue weighted by Crippen LogP contribution is -2.33. The van der Waals surface area contributed by atoms with E-state index in [-0.39, 0.29) is 11.8 Å². The smallest absolute Gasteiger partial charge is 0.227 e. The standard InChI is InChI=1S/C15H22N2O/c1-3-15(7-8-15)10-17-14(18)11(2)12-5-4-6-13(16)9-12/h4-6,9,11H,3,7-8,10,16H2,1-2H3,(H,17,18). The molecule has 1 amide bonds. The Morgan fingerprint density at radius 3 is 2.78 bits per heavy atom. The van der Waals surface area contributed by atoms with Gasteiger partial charge in [-0.2, -0.15) is 0 Å². The molecule has 0 bridgehead atoms. The predicted octanol–water partition coefficient (Wildman–Crippen LogP) is 2.68. The van der Waals surface area contributed by atoms with Gasteiger partial charge < -0.3 is 11.1 Å². The van der Waals surface area contributed by atoms with E-state index in [1.807, 2.05) is 31.2 Å². The highest BCUT2D eigenvalue weighted by Crippen LogP contribution is 2.47. The number of carbonyl (C=O) groups is 1. The molecule has 1 aliphatic carbocycles. The monoisotopic (exact) mass is 246 g/mol. The van der Waals surface area contributed by atoms with Crippen LogP contribution in [0.15, 0.2) is 24.3 Å². The molecule has 0 saturated heterocycles. The molecule has 1 unspecified atom stereocenters. The van der Waals surface area contributed by atoms with Crippen molar-refractivity contribution in [3.05, 3.63) is 29.8 Å². The van der Waals surface area contributed by atoms with Crippen molar-refractivity contribution in [3.8, 4) is 0 Å². The quantitative estimate of drug-likeness (QED) is 0.785. The van der Waals surface area contributed by atoms with Crippen molar-refractivity contribution in [1.29, 1.82) is 0 Å². The highest BCUT2D eigenvalue weighted by molar-refractivity contribution is 5.83. The van der Waals surface area contributed by atoms with Crippen molar-refractivity contribution < 1.29 is 4.79 Å². The van der Waals surface area contributed by atoms with Crippen LogP contribution in [0.5, 0.6) is 0 Å². The van der Waals surface area contributed by atoms with Gasteiger partial charge in [-0.25, -0.2) is 0 Å². The van der Waals surface area contributed by atoms with E-state index in [4.69, 9.17) is 5.73 Å². The zero-order valence-electron chi connectivity index (χ0n) is 11.2. The molecule has 2 rings (SSSR count). The van der Waals surface area contributed by atoms with Gasteiger partial charge >= 0.3 is 0 Å². The van der Waals surface area contributed by atoms with Gasteiger partial charge in [0, 0.05) is 12.2 Å². The molecule has 1 saturated carbocycles. The van der Waals surface area contributed by atoms with Crippen molar-refractivity contribution >= 4 is 11.6 Å². The largest absolute Gasteiger partial charge is 0.399 e. The highest BCUT2D eigenvalue weighted by Gasteiger charge is 2.40. The van der Waals surface area contributed by atoms with Crippen LogP contribution in [-0.2, 0) is 4.79 Å². The van der Waals surface area contributed by atoms with Gasteiger partial charge in [0.05, 0.1) is 5.92 Å². The van der Waals surface area contributed by atoms with E-state index in [1.54, 1.807) is 0 Å². The number of nitrogens with two attached hydrogens (primary N) is 1. The van der Waals surface area contributed by atoms with Crippen LogP contribution in [0.25, 0.3) is 0 Å². The molecular weight excluding hydrogens is 224 g/mol. The average Bonchev–Trinajstić information content (AvgIpc) is 3.16. The van der Waals surface area contributed by atoms with Crippen molar-refractivity contribution in [1.82, 2.24) is 5.32 Å². The lowest BCUT2D eigenvalue weighted by Gasteiger charge is -2.17. The summed E-state index contributed by atoms with van der Waals surface area (Å²) in [5.74, 6) is -0.0403. The second kappa shape index (κ2) is 5.01. The maximum absolute atomic E-state index is 12.1. The van der Waals surface area contributed by atoms with Crippen molar-refractivity contribution in [2.75, 3.05) is 12.3 Å². The number of hydrogen-bond acceptors (Lipinski definition) is 2. The number of anilines is 1. The summed E-state index contributed by atoms with van der Waals surface area (Å²) in [6, 6.07) is 7.55. The van der Waals surface area contributed by atoms with Crippen molar-refractivity contribution in [3.63, 3.8) is 0 Å². The van der Waals surface area contributed by atoms with Gasteiger partial charge in [-0.05, 0) is 49.3 Å². The second-order valence-electron chi connectivity index (χ2n) is 5.46. The molecule has 0 spiro atoms. The Labute approximate surface area is 109 Å². The zero-order valence-corrected chi connectivity index (χ0v) is 11.2. The number of benzene rings is 1. The second-order valence-corrected chi connectivity index (χ2v) is 5.46. The molecule has 1 atom stereocenters. The Morgan fingerprint density at radius 1 is 1.50 bits per heavy atom. The fourth-order valence-electron chi connectivity index (χ4n) is 2.24. The van der Waals surface area contributed by atoms with Crippen LogP contribution in [0, 0.1) is 5.41 Å². The van der Waals surface area contributed by atoms with Crippen LogP contribution < -0.4 is 11.1 Å². The summed E-state index contributed by atoms with van der Waals surface area (Å²) in [6.07, 6.45) is 3.65. The SMILES string of the molecule is CCC1(CNC(=O)C(C)c2cccc(N)c2)CC1.